The van der Waals surface area contributed by atoms with Crippen molar-refractivity contribution < 1.29 is 19.1 Å². The zero-order valence-electron chi connectivity index (χ0n) is 20.2. The van der Waals surface area contributed by atoms with Gasteiger partial charge in [-0.05, 0) is 86.9 Å². The van der Waals surface area contributed by atoms with E-state index in [1.54, 1.807) is 9.80 Å². The van der Waals surface area contributed by atoms with Crippen molar-refractivity contribution in [3.05, 3.63) is 63.7 Å². The van der Waals surface area contributed by atoms with E-state index in [0.29, 0.717) is 37.7 Å². The van der Waals surface area contributed by atoms with Gasteiger partial charge in [-0.15, -0.1) is 0 Å². The molecule has 6 nitrogen and oxygen atoms in total. The molecule has 0 aliphatic carbocycles. The van der Waals surface area contributed by atoms with E-state index in [1.807, 2.05) is 45.0 Å². The quantitative estimate of drug-likeness (QED) is 0.551. The maximum absolute atomic E-state index is 12.9. The smallest absolute Gasteiger partial charge is 0.414 e. The van der Waals surface area contributed by atoms with Crippen LogP contribution >= 0.6 is 11.6 Å². The van der Waals surface area contributed by atoms with Crippen LogP contribution in [0.25, 0.3) is 0 Å². The normalized spacial score (nSPS) is 15.8. The molecule has 2 amide bonds. The largest absolute Gasteiger partial charge is 0.449 e. The van der Waals surface area contributed by atoms with Crippen molar-refractivity contribution in [1.82, 2.24) is 4.90 Å². The summed E-state index contributed by atoms with van der Waals surface area (Å²) in [6.45, 7) is 7.84. The second-order valence-electron chi connectivity index (χ2n) is 9.97. The van der Waals surface area contributed by atoms with Crippen LogP contribution in [-0.4, -0.2) is 48.9 Å². The highest BCUT2D eigenvalue weighted by Gasteiger charge is 2.28. The van der Waals surface area contributed by atoms with Crippen LogP contribution < -0.4 is 4.90 Å². The van der Waals surface area contributed by atoms with Gasteiger partial charge in [-0.1, -0.05) is 29.8 Å². The SMILES string of the molecule is CC(C)(C)OC(=O)N1CCc2cc3c(cc2CC1)N(C(=O)OCCc1cccc(Cl)c1)CCC3. The van der Waals surface area contributed by atoms with Gasteiger partial charge >= 0.3 is 12.2 Å². The number of aryl methyl sites for hydroxylation is 1. The summed E-state index contributed by atoms with van der Waals surface area (Å²) in [5.41, 5.74) is 5.07. The molecule has 182 valence electrons. The Hall–Kier alpha value is -2.73. The number of rotatable bonds is 3. The Kier molecular flexibility index (Phi) is 7.36. The first-order chi connectivity index (χ1) is 16.2. The number of carbonyl (C=O) groups is 2. The summed E-state index contributed by atoms with van der Waals surface area (Å²) < 4.78 is 11.2. The number of halogens is 1. The molecular formula is C27H33ClN2O4. The summed E-state index contributed by atoms with van der Waals surface area (Å²) in [5, 5.41) is 0.680. The van der Waals surface area contributed by atoms with Crippen molar-refractivity contribution in [2.45, 2.75) is 58.5 Å². The fraction of sp³-hybridized carbons (Fsp3) is 0.481. The van der Waals surface area contributed by atoms with E-state index in [2.05, 4.69) is 12.1 Å². The number of amides is 2. The van der Waals surface area contributed by atoms with Crippen LogP contribution in [0.2, 0.25) is 5.02 Å². The topological polar surface area (TPSA) is 59.1 Å². The molecule has 0 atom stereocenters. The summed E-state index contributed by atoms with van der Waals surface area (Å²) in [7, 11) is 0. The molecule has 0 bridgehead atoms. The van der Waals surface area contributed by atoms with Gasteiger partial charge in [0.2, 0.25) is 0 Å². The van der Waals surface area contributed by atoms with E-state index >= 15 is 0 Å². The molecule has 0 unspecified atom stereocenters. The van der Waals surface area contributed by atoms with Crippen molar-refractivity contribution in [1.29, 1.82) is 0 Å². The minimum atomic E-state index is -0.511. The molecule has 7 heteroatoms. The Morgan fingerprint density at radius 3 is 2.38 bits per heavy atom. The Bertz CT molecular complexity index is 1060. The van der Waals surface area contributed by atoms with Gasteiger partial charge in [-0.3, -0.25) is 4.90 Å². The van der Waals surface area contributed by atoms with Crippen molar-refractivity contribution in [2.24, 2.45) is 0 Å². The van der Waals surface area contributed by atoms with Gasteiger partial charge in [0.15, 0.2) is 0 Å². The summed E-state index contributed by atoms with van der Waals surface area (Å²) in [6.07, 6.45) is 3.40. The van der Waals surface area contributed by atoms with E-state index in [0.717, 1.165) is 36.9 Å². The van der Waals surface area contributed by atoms with Crippen molar-refractivity contribution in [2.75, 3.05) is 31.1 Å². The second kappa shape index (κ2) is 10.3. The molecule has 2 aliphatic rings. The van der Waals surface area contributed by atoms with Gasteiger partial charge in [-0.25, -0.2) is 9.59 Å². The number of benzene rings is 2. The molecule has 2 aromatic carbocycles. The maximum Gasteiger partial charge on any atom is 0.414 e. The first kappa shape index (κ1) is 24.4. The third kappa shape index (κ3) is 6.03. The molecule has 2 heterocycles. The fourth-order valence-corrected chi connectivity index (χ4v) is 4.75. The molecule has 0 saturated carbocycles. The zero-order chi connectivity index (χ0) is 24.3. The van der Waals surface area contributed by atoms with E-state index < -0.39 is 5.60 Å². The standard InChI is InChI=1S/C27H33ClN2O4/c1-27(2,3)34-25(31)29-13-9-20-17-22-7-5-12-30(24(22)18-21(20)10-14-29)26(32)33-15-11-19-6-4-8-23(28)16-19/h4,6,8,16-18H,5,7,9-15H2,1-3H3. The van der Waals surface area contributed by atoms with Gasteiger partial charge in [-0.2, -0.15) is 0 Å². The lowest BCUT2D eigenvalue weighted by Crippen LogP contribution is -2.38. The number of carbonyl (C=O) groups excluding carboxylic acids is 2. The number of nitrogens with zero attached hydrogens (tertiary/aromatic N) is 2. The summed E-state index contributed by atoms with van der Waals surface area (Å²) in [6, 6.07) is 11.9. The number of anilines is 1. The lowest BCUT2D eigenvalue weighted by atomic mass is 9.93. The minimum absolute atomic E-state index is 0.269. The molecule has 0 radical (unpaired) electrons. The van der Waals surface area contributed by atoms with Crippen LogP contribution in [0.15, 0.2) is 36.4 Å². The Morgan fingerprint density at radius 2 is 1.68 bits per heavy atom. The predicted molar refractivity (Wildman–Crippen MR) is 134 cm³/mol. The van der Waals surface area contributed by atoms with Crippen LogP contribution in [0.1, 0.15) is 49.4 Å². The van der Waals surface area contributed by atoms with Crippen molar-refractivity contribution >= 4 is 29.5 Å². The molecule has 2 aromatic rings. The van der Waals surface area contributed by atoms with Gasteiger partial charge in [0, 0.05) is 31.1 Å². The molecule has 0 aromatic heterocycles. The maximum atomic E-state index is 12.9. The first-order valence-corrected chi connectivity index (χ1v) is 12.4. The number of fused-ring (bicyclic) bond motifs is 2. The minimum Gasteiger partial charge on any atom is -0.449 e. The Labute approximate surface area is 206 Å². The van der Waals surface area contributed by atoms with Crippen LogP contribution in [0.4, 0.5) is 15.3 Å². The van der Waals surface area contributed by atoms with Crippen LogP contribution in [-0.2, 0) is 35.2 Å². The van der Waals surface area contributed by atoms with Gasteiger partial charge < -0.3 is 14.4 Å². The highest BCUT2D eigenvalue weighted by atomic mass is 35.5. The number of ether oxygens (including phenoxy) is 2. The van der Waals surface area contributed by atoms with E-state index in [-0.39, 0.29) is 12.2 Å². The molecule has 0 saturated heterocycles. The molecule has 0 spiro atoms. The molecular weight excluding hydrogens is 452 g/mol. The third-order valence-electron chi connectivity index (χ3n) is 6.20. The van der Waals surface area contributed by atoms with E-state index in [4.69, 9.17) is 21.1 Å². The van der Waals surface area contributed by atoms with Gasteiger partial charge in [0.1, 0.15) is 5.60 Å². The first-order valence-electron chi connectivity index (χ1n) is 12.0. The van der Waals surface area contributed by atoms with Gasteiger partial charge in [0.05, 0.1) is 12.3 Å². The van der Waals surface area contributed by atoms with Crippen LogP contribution in [0.5, 0.6) is 0 Å². The van der Waals surface area contributed by atoms with Crippen LogP contribution in [0, 0.1) is 0 Å². The van der Waals surface area contributed by atoms with E-state index in [9.17, 15) is 9.59 Å². The Morgan fingerprint density at radius 1 is 0.941 bits per heavy atom. The Balaban J connectivity index is 1.42. The zero-order valence-corrected chi connectivity index (χ0v) is 21.0. The highest BCUT2D eigenvalue weighted by Crippen LogP contribution is 2.32. The predicted octanol–water partition coefficient (Wildman–Crippen LogP) is 5.81. The van der Waals surface area contributed by atoms with Crippen molar-refractivity contribution in [3.63, 3.8) is 0 Å². The molecule has 34 heavy (non-hydrogen) atoms. The second-order valence-corrected chi connectivity index (χ2v) is 10.4. The average molecular weight is 485 g/mol. The molecule has 0 fully saturated rings. The molecule has 2 aliphatic heterocycles. The summed E-state index contributed by atoms with van der Waals surface area (Å²) in [5.74, 6) is 0. The molecule has 4 rings (SSSR count). The number of hydrogen-bond acceptors (Lipinski definition) is 4. The number of hydrogen-bond donors (Lipinski definition) is 0. The monoisotopic (exact) mass is 484 g/mol. The van der Waals surface area contributed by atoms with Gasteiger partial charge in [0.25, 0.3) is 0 Å². The highest BCUT2D eigenvalue weighted by molar-refractivity contribution is 6.30. The molecule has 0 N–H and O–H groups in total. The average Bonchev–Trinajstić information content (AvgIpc) is 2.98. The van der Waals surface area contributed by atoms with Crippen molar-refractivity contribution in [3.8, 4) is 0 Å². The van der Waals surface area contributed by atoms with E-state index in [1.165, 1.54) is 16.7 Å². The summed E-state index contributed by atoms with van der Waals surface area (Å²) in [4.78, 5) is 29.0. The summed E-state index contributed by atoms with van der Waals surface area (Å²) >= 11 is 6.04. The lowest BCUT2D eigenvalue weighted by Gasteiger charge is -2.30. The lowest BCUT2D eigenvalue weighted by molar-refractivity contribution is 0.0258. The fourth-order valence-electron chi connectivity index (χ4n) is 4.54. The third-order valence-corrected chi connectivity index (χ3v) is 6.43. The van der Waals surface area contributed by atoms with Crippen LogP contribution in [0.3, 0.4) is 0 Å².